The molecule has 0 spiro atoms. The molecule has 4 nitrogen and oxygen atoms in total. The lowest BCUT2D eigenvalue weighted by Crippen LogP contribution is -2.01. The van der Waals surface area contributed by atoms with Gasteiger partial charge in [0.15, 0.2) is 0 Å². The molecule has 4 heteroatoms. The normalized spacial score (nSPS) is 6.67. The number of carbonyl (C=O) groups is 1. The minimum atomic E-state index is -0.449. The molecule has 0 aliphatic heterocycles. The van der Waals surface area contributed by atoms with Gasteiger partial charge < -0.3 is 10.2 Å². The molecule has 0 heterocycles. The summed E-state index contributed by atoms with van der Waals surface area (Å²) in [6.07, 6.45) is -0.145. The monoisotopic (exact) mass is 131 g/mol. The predicted molar refractivity (Wildman–Crippen MR) is 30.5 cm³/mol. The average Bonchev–Trinajstić information content (AvgIpc) is 1.68. The third kappa shape index (κ3) is 6.92. The topological polar surface area (TPSA) is 81.6 Å². The fourth-order valence-corrected chi connectivity index (χ4v) is 0.277. The molecule has 0 rings (SSSR count). The van der Waals surface area contributed by atoms with Gasteiger partial charge in [-0.25, -0.2) is 0 Å². The van der Waals surface area contributed by atoms with Crippen LogP contribution < -0.4 is 0 Å². The minimum absolute atomic E-state index is 0. The summed E-state index contributed by atoms with van der Waals surface area (Å²) in [5.41, 5.74) is 0. The number of rotatable bonds is 2. The first-order valence-corrected chi connectivity index (χ1v) is 2.33. The Labute approximate surface area is 53.3 Å². The van der Waals surface area contributed by atoms with E-state index >= 15 is 0 Å². The van der Waals surface area contributed by atoms with Crippen LogP contribution in [-0.2, 0) is 9.53 Å². The van der Waals surface area contributed by atoms with Crippen molar-refractivity contribution in [2.75, 3.05) is 6.61 Å². The van der Waals surface area contributed by atoms with E-state index in [4.69, 9.17) is 5.26 Å². The van der Waals surface area contributed by atoms with E-state index in [1.165, 1.54) is 0 Å². The van der Waals surface area contributed by atoms with E-state index in [0.717, 1.165) is 0 Å². The fraction of sp³-hybridized carbons (Fsp3) is 0.600. The standard InChI is InChI=1S/C5H7NO2.H2O/c1-2-8-5(7)3-4-6;/h2-3H2,1H3;1H2. The summed E-state index contributed by atoms with van der Waals surface area (Å²) >= 11 is 0. The van der Waals surface area contributed by atoms with Crippen LogP contribution in [0.2, 0.25) is 0 Å². The Kier molecular flexibility index (Phi) is 8.32. The SMILES string of the molecule is CCOC(=O)CC#N.O. The van der Waals surface area contributed by atoms with Crippen LogP contribution >= 0.6 is 0 Å². The van der Waals surface area contributed by atoms with Gasteiger partial charge in [-0.3, -0.25) is 4.79 Å². The number of ether oxygens (including phenoxy) is 1. The second kappa shape index (κ2) is 6.92. The van der Waals surface area contributed by atoms with Crippen molar-refractivity contribution >= 4 is 5.97 Å². The first-order chi connectivity index (χ1) is 3.81. The van der Waals surface area contributed by atoms with Gasteiger partial charge in [-0.1, -0.05) is 0 Å². The Bertz CT molecular complexity index is 116. The van der Waals surface area contributed by atoms with E-state index < -0.39 is 5.97 Å². The van der Waals surface area contributed by atoms with Crippen LogP contribution in [0.4, 0.5) is 0 Å². The van der Waals surface area contributed by atoms with Gasteiger partial charge in [-0.05, 0) is 6.92 Å². The molecule has 9 heavy (non-hydrogen) atoms. The van der Waals surface area contributed by atoms with Crippen molar-refractivity contribution in [2.45, 2.75) is 13.3 Å². The predicted octanol–water partition coefficient (Wildman–Crippen LogP) is -0.362. The third-order valence-corrected chi connectivity index (χ3v) is 0.529. The molecule has 0 aromatic carbocycles. The van der Waals surface area contributed by atoms with E-state index in [0.29, 0.717) is 6.61 Å². The van der Waals surface area contributed by atoms with Gasteiger partial charge in [-0.15, -0.1) is 0 Å². The van der Waals surface area contributed by atoms with E-state index in [-0.39, 0.29) is 11.9 Å². The molecule has 0 saturated carbocycles. The lowest BCUT2D eigenvalue weighted by Gasteiger charge is -1.92. The summed E-state index contributed by atoms with van der Waals surface area (Å²) in [5.74, 6) is -0.449. The minimum Gasteiger partial charge on any atom is -0.465 e. The molecule has 0 radical (unpaired) electrons. The molecule has 0 atom stereocenters. The van der Waals surface area contributed by atoms with Crippen molar-refractivity contribution in [1.82, 2.24) is 0 Å². The van der Waals surface area contributed by atoms with Gasteiger partial charge in [0.1, 0.15) is 6.42 Å². The number of nitrogens with zero attached hydrogens (tertiary/aromatic N) is 1. The highest BCUT2D eigenvalue weighted by Gasteiger charge is 1.95. The summed E-state index contributed by atoms with van der Waals surface area (Å²) in [4.78, 5) is 10.2. The molecular weight excluding hydrogens is 122 g/mol. The second-order valence-corrected chi connectivity index (χ2v) is 1.14. The molecule has 0 aliphatic rings. The third-order valence-electron chi connectivity index (χ3n) is 0.529. The van der Waals surface area contributed by atoms with Gasteiger partial charge in [0, 0.05) is 0 Å². The zero-order chi connectivity index (χ0) is 6.41. The van der Waals surface area contributed by atoms with E-state index in [9.17, 15) is 4.79 Å². The highest BCUT2D eigenvalue weighted by molar-refractivity contribution is 5.71. The quantitative estimate of drug-likeness (QED) is 0.480. The number of hydrogen-bond donors (Lipinski definition) is 0. The number of esters is 1. The van der Waals surface area contributed by atoms with E-state index in [2.05, 4.69) is 4.74 Å². The Morgan fingerprint density at radius 3 is 2.67 bits per heavy atom. The summed E-state index contributed by atoms with van der Waals surface area (Å²) in [7, 11) is 0. The summed E-state index contributed by atoms with van der Waals surface area (Å²) < 4.78 is 4.42. The van der Waals surface area contributed by atoms with Crippen molar-refractivity contribution < 1.29 is 15.0 Å². The van der Waals surface area contributed by atoms with E-state index in [1.54, 1.807) is 13.0 Å². The number of carbonyl (C=O) groups excluding carboxylic acids is 1. The smallest absolute Gasteiger partial charge is 0.320 e. The van der Waals surface area contributed by atoms with Crippen molar-refractivity contribution in [1.29, 1.82) is 5.26 Å². The number of hydrogen-bond acceptors (Lipinski definition) is 3. The maximum absolute atomic E-state index is 10.2. The molecule has 2 N–H and O–H groups in total. The highest BCUT2D eigenvalue weighted by Crippen LogP contribution is 1.81. The fourth-order valence-electron chi connectivity index (χ4n) is 0.277. The van der Waals surface area contributed by atoms with Gasteiger partial charge in [-0.2, -0.15) is 5.26 Å². The Morgan fingerprint density at radius 2 is 2.33 bits per heavy atom. The van der Waals surface area contributed by atoms with Crippen LogP contribution in [0.1, 0.15) is 13.3 Å². The second-order valence-electron chi connectivity index (χ2n) is 1.14. The van der Waals surface area contributed by atoms with Crippen molar-refractivity contribution in [3.63, 3.8) is 0 Å². The molecule has 0 unspecified atom stereocenters. The van der Waals surface area contributed by atoms with Crippen LogP contribution in [-0.4, -0.2) is 18.1 Å². The first kappa shape index (κ1) is 10.8. The zero-order valence-electron chi connectivity index (χ0n) is 5.18. The molecular formula is C5H9NO3. The molecule has 0 aromatic heterocycles. The highest BCUT2D eigenvalue weighted by atomic mass is 16.5. The van der Waals surface area contributed by atoms with E-state index in [1.807, 2.05) is 0 Å². The maximum atomic E-state index is 10.2. The van der Waals surface area contributed by atoms with Crippen molar-refractivity contribution in [3.8, 4) is 6.07 Å². The summed E-state index contributed by atoms with van der Waals surface area (Å²) in [5, 5.41) is 7.91. The van der Waals surface area contributed by atoms with Gasteiger partial charge >= 0.3 is 5.97 Å². The Balaban J connectivity index is 0. The molecule has 0 fully saturated rings. The van der Waals surface area contributed by atoms with Crippen molar-refractivity contribution in [3.05, 3.63) is 0 Å². The molecule has 0 aliphatic carbocycles. The van der Waals surface area contributed by atoms with Crippen LogP contribution in [0.5, 0.6) is 0 Å². The average molecular weight is 131 g/mol. The Morgan fingerprint density at radius 1 is 1.78 bits per heavy atom. The van der Waals surface area contributed by atoms with Gasteiger partial charge in [0.25, 0.3) is 0 Å². The molecule has 0 amide bonds. The largest absolute Gasteiger partial charge is 0.465 e. The lowest BCUT2D eigenvalue weighted by molar-refractivity contribution is -0.141. The van der Waals surface area contributed by atoms with Crippen LogP contribution in [0, 0.1) is 11.3 Å². The molecule has 0 saturated heterocycles. The number of nitriles is 1. The Hall–Kier alpha value is -1.08. The maximum Gasteiger partial charge on any atom is 0.320 e. The van der Waals surface area contributed by atoms with Crippen LogP contribution in [0.25, 0.3) is 0 Å². The molecule has 52 valence electrons. The first-order valence-electron chi connectivity index (χ1n) is 2.33. The summed E-state index contributed by atoms with van der Waals surface area (Å²) in [6.45, 7) is 2.05. The van der Waals surface area contributed by atoms with Gasteiger partial charge in [0.05, 0.1) is 12.7 Å². The lowest BCUT2D eigenvalue weighted by atomic mass is 10.5. The molecule has 0 bridgehead atoms. The van der Waals surface area contributed by atoms with Crippen molar-refractivity contribution in [2.24, 2.45) is 0 Å². The summed E-state index contributed by atoms with van der Waals surface area (Å²) in [6, 6.07) is 1.68. The van der Waals surface area contributed by atoms with Crippen LogP contribution in [0.15, 0.2) is 0 Å². The van der Waals surface area contributed by atoms with Crippen LogP contribution in [0.3, 0.4) is 0 Å². The van der Waals surface area contributed by atoms with Gasteiger partial charge in [0.2, 0.25) is 0 Å². The zero-order valence-corrected chi connectivity index (χ0v) is 5.18. The molecule has 0 aromatic rings.